The van der Waals surface area contributed by atoms with E-state index in [1.807, 2.05) is 13.0 Å². The van der Waals surface area contributed by atoms with Crippen molar-refractivity contribution in [2.24, 2.45) is 52.8 Å². The maximum Gasteiger partial charge on any atom is 0.320 e. The fourth-order valence-corrected chi connectivity index (χ4v) is 6.99. The number of carbonyl (C=O) groups is 3. The van der Waals surface area contributed by atoms with Crippen LogP contribution < -0.4 is 0 Å². The van der Waals surface area contributed by atoms with Gasteiger partial charge in [0.1, 0.15) is 11.2 Å². The first kappa shape index (κ1) is 16.0. The molecule has 0 spiro atoms. The van der Waals surface area contributed by atoms with E-state index in [-0.39, 0.29) is 53.0 Å². The smallest absolute Gasteiger partial charge is 0.320 e. The summed E-state index contributed by atoms with van der Waals surface area (Å²) >= 11 is 0. The van der Waals surface area contributed by atoms with Gasteiger partial charge in [0, 0.05) is 18.3 Å². The molecule has 0 amide bonds. The second-order valence-electron chi connectivity index (χ2n) is 8.52. The Balaban J connectivity index is 1.90. The van der Waals surface area contributed by atoms with Crippen LogP contribution in [0.5, 0.6) is 0 Å². The van der Waals surface area contributed by atoms with E-state index in [1.165, 1.54) is 7.11 Å². The molecule has 0 aliphatic heterocycles. The number of ketones is 2. The molecule has 0 aromatic heterocycles. The van der Waals surface area contributed by atoms with Crippen molar-refractivity contribution in [1.29, 1.82) is 0 Å². The van der Waals surface area contributed by atoms with Gasteiger partial charge in [0.2, 0.25) is 0 Å². The Morgan fingerprint density at radius 3 is 2.58 bits per heavy atom. The predicted molar refractivity (Wildman–Crippen MR) is 87.8 cm³/mol. The normalized spacial score (nSPS) is 52.2. The Hall–Kier alpha value is -1.45. The third-order valence-corrected chi connectivity index (χ3v) is 7.75. The van der Waals surface area contributed by atoms with Crippen LogP contribution in [0, 0.1) is 52.8 Å². The average molecular weight is 330 g/mol. The number of hydrogen-bond acceptors (Lipinski definition) is 4. The SMILES string of the molecule is COC(=O)C12C(=O)C3C([C@H]4CC(=O)[C@@H]3C4)[C@@H](C)C1[C@@H](C)C=C[C@H]2C. The van der Waals surface area contributed by atoms with Crippen LogP contribution in [0.3, 0.4) is 0 Å². The zero-order valence-electron chi connectivity index (χ0n) is 14.8. The van der Waals surface area contributed by atoms with E-state index >= 15 is 0 Å². The van der Waals surface area contributed by atoms with Crippen LogP contribution in [0.25, 0.3) is 0 Å². The van der Waals surface area contributed by atoms with Crippen molar-refractivity contribution in [2.75, 3.05) is 7.11 Å². The van der Waals surface area contributed by atoms with Crippen LogP contribution in [0.4, 0.5) is 0 Å². The van der Waals surface area contributed by atoms with Gasteiger partial charge in [0.25, 0.3) is 0 Å². The maximum absolute atomic E-state index is 13.7. The third kappa shape index (κ3) is 1.62. The Morgan fingerprint density at radius 1 is 1.21 bits per heavy atom. The summed E-state index contributed by atoms with van der Waals surface area (Å²) in [6.45, 7) is 6.25. The molecule has 0 heterocycles. The number of fused-ring (bicyclic) bond motifs is 6. The van der Waals surface area contributed by atoms with Crippen molar-refractivity contribution < 1.29 is 19.1 Å². The number of esters is 1. The monoisotopic (exact) mass is 330 g/mol. The molecule has 4 unspecified atom stereocenters. The molecule has 0 aromatic rings. The molecule has 24 heavy (non-hydrogen) atoms. The van der Waals surface area contributed by atoms with Crippen molar-refractivity contribution in [3.8, 4) is 0 Å². The number of carbonyl (C=O) groups excluding carboxylic acids is 3. The fraction of sp³-hybridized carbons (Fsp3) is 0.750. The highest BCUT2D eigenvalue weighted by Crippen LogP contribution is 2.65. The molecule has 2 bridgehead atoms. The van der Waals surface area contributed by atoms with Crippen LogP contribution in [0.1, 0.15) is 33.6 Å². The van der Waals surface area contributed by atoms with E-state index in [1.54, 1.807) is 0 Å². The highest BCUT2D eigenvalue weighted by molar-refractivity contribution is 6.09. The van der Waals surface area contributed by atoms with E-state index in [9.17, 15) is 14.4 Å². The zero-order valence-corrected chi connectivity index (χ0v) is 14.8. The first-order valence-corrected chi connectivity index (χ1v) is 9.19. The summed E-state index contributed by atoms with van der Waals surface area (Å²) in [6, 6.07) is 0. The number of rotatable bonds is 1. The molecular weight excluding hydrogens is 304 g/mol. The number of Topliss-reactive ketones (excluding diaryl/α,β-unsaturated/α-hetero) is 2. The number of methoxy groups -OCH3 is 1. The molecular formula is C20H26O4. The summed E-state index contributed by atoms with van der Waals surface area (Å²) in [5.41, 5.74) is -1.12. The highest BCUT2D eigenvalue weighted by Gasteiger charge is 2.71. The summed E-state index contributed by atoms with van der Waals surface area (Å²) < 4.78 is 5.16. The van der Waals surface area contributed by atoms with Gasteiger partial charge in [-0.3, -0.25) is 14.4 Å². The molecule has 130 valence electrons. The molecule has 3 saturated carbocycles. The van der Waals surface area contributed by atoms with Gasteiger partial charge in [-0.25, -0.2) is 0 Å². The predicted octanol–water partition coefficient (Wildman–Crippen LogP) is 2.66. The largest absolute Gasteiger partial charge is 0.468 e. The molecule has 3 fully saturated rings. The lowest BCUT2D eigenvalue weighted by molar-refractivity contribution is -0.183. The van der Waals surface area contributed by atoms with Crippen molar-refractivity contribution in [3.05, 3.63) is 12.2 Å². The number of ether oxygens (including phenoxy) is 1. The van der Waals surface area contributed by atoms with Gasteiger partial charge >= 0.3 is 5.97 Å². The number of allylic oxidation sites excluding steroid dienone is 2. The molecule has 4 aliphatic carbocycles. The van der Waals surface area contributed by atoms with Gasteiger partial charge in [0.05, 0.1) is 7.11 Å². The molecule has 4 aliphatic rings. The topological polar surface area (TPSA) is 60.4 Å². The molecule has 4 rings (SSSR count). The van der Waals surface area contributed by atoms with E-state index in [2.05, 4.69) is 19.9 Å². The van der Waals surface area contributed by atoms with E-state index in [4.69, 9.17) is 4.74 Å². The minimum atomic E-state index is -1.12. The first-order valence-electron chi connectivity index (χ1n) is 9.19. The quantitative estimate of drug-likeness (QED) is 0.421. The minimum Gasteiger partial charge on any atom is -0.468 e. The average Bonchev–Trinajstić information content (AvgIpc) is 3.11. The summed E-state index contributed by atoms with van der Waals surface area (Å²) in [6.07, 6.45) is 5.61. The molecule has 0 aromatic carbocycles. The second-order valence-corrected chi connectivity index (χ2v) is 8.52. The molecule has 0 radical (unpaired) electrons. The maximum atomic E-state index is 13.7. The lowest BCUT2D eigenvalue weighted by Gasteiger charge is -2.56. The van der Waals surface area contributed by atoms with Crippen molar-refractivity contribution >= 4 is 17.5 Å². The van der Waals surface area contributed by atoms with Crippen molar-refractivity contribution in [3.63, 3.8) is 0 Å². The van der Waals surface area contributed by atoms with Crippen molar-refractivity contribution in [2.45, 2.75) is 33.6 Å². The van der Waals surface area contributed by atoms with E-state index < -0.39 is 11.4 Å². The van der Waals surface area contributed by atoms with E-state index in [0.29, 0.717) is 12.3 Å². The molecule has 0 saturated heterocycles. The standard InChI is InChI=1S/C20H26O4/c1-9-5-6-10(2)20(19(23)24-4)17(9)11(3)15-12-7-13(14(21)8-12)16(15)18(20)22/h5-6,9-13,15-17H,7-8H2,1-4H3/t9-,10+,11+,12+,13-,15?,16?,17?,20?/m0/s1. The van der Waals surface area contributed by atoms with Gasteiger partial charge in [-0.2, -0.15) is 0 Å². The van der Waals surface area contributed by atoms with Gasteiger partial charge in [0.15, 0.2) is 5.78 Å². The van der Waals surface area contributed by atoms with E-state index in [0.717, 1.165) is 6.42 Å². The van der Waals surface area contributed by atoms with Crippen LogP contribution in [-0.4, -0.2) is 24.6 Å². The Bertz CT molecular complexity index is 650. The van der Waals surface area contributed by atoms with Crippen molar-refractivity contribution in [1.82, 2.24) is 0 Å². The van der Waals surface area contributed by atoms with Crippen LogP contribution in [0.2, 0.25) is 0 Å². The summed E-state index contributed by atoms with van der Waals surface area (Å²) in [4.78, 5) is 39.0. The second kappa shape index (κ2) is 5.03. The molecule has 9 atom stereocenters. The van der Waals surface area contributed by atoms with Crippen LogP contribution >= 0.6 is 0 Å². The molecule has 4 nitrogen and oxygen atoms in total. The lowest BCUT2D eigenvalue weighted by atomic mass is 9.45. The summed E-state index contributed by atoms with van der Waals surface area (Å²) in [5.74, 6) is 0.158. The Kier molecular flexibility index (Phi) is 3.36. The molecule has 4 heteroatoms. The molecule has 0 N–H and O–H groups in total. The number of hydrogen-bond donors (Lipinski definition) is 0. The highest BCUT2D eigenvalue weighted by atomic mass is 16.5. The lowest BCUT2D eigenvalue weighted by Crippen LogP contribution is -2.64. The fourth-order valence-electron chi connectivity index (χ4n) is 6.99. The summed E-state index contributed by atoms with van der Waals surface area (Å²) in [7, 11) is 1.37. The summed E-state index contributed by atoms with van der Waals surface area (Å²) in [5, 5.41) is 0. The first-order chi connectivity index (χ1) is 11.4. The van der Waals surface area contributed by atoms with Gasteiger partial charge in [-0.05, 0) is 41.9 Å². The van der Waals surface area contributed by atoms with Crippen LogP contribution in [-0.2, 0) is 19.1 Å². The van der Waals surface area contributed by atoms with Crippen LogP contribution in [0.15, 0.2) is 12.2 Å². The van der Waals surface area contributed by atoms with Gasteiger partial charge < -0.3 is 4.74 Å². The zero-order chi connectivity index (χ0) is 17.4. The van der Waals surface area contributed by atoms with Gasteiger partial charge in [-0.15, -0.1) is 0 Å². The Labute approximate surface area is 143 Å². The Morgan fingerprint density at radius 2 is 1.92 bits per heavy atom. The van der Waals surface area contributed by atoms with Gasteiger partial charge in [-0.1, -0.05) is 32.9 Å². The third-order valence-electron chi connectivity index (χ3n) is 7.75. The minimum absolute atomic E-state index is 0.00769.